The fourth-order valence-electron chi connectivity index (χ4n) is 4.86. The summed E-state index contributed by atoms with van der Waals surface area (Å²) in [7, 11) is -0.101. The number of aliphatic imine (C=N–C) groups is 1. The Morgan fingerprint density at radius 3 is 2.42 bits per heavy atom. The van der Waals surface area contributed by atoms with E-state index < -0.39 is 15.6 Å². The minimum Gasteiger partial charge on any atom is -0.345 e. The molecule has 0 atom stereocenters. The molecule has 2 aliphatic heterocycles. The average Bonchev–Trinajstić information content (AvgIpc) is 3.14. The summed E-state index contributed by atoms with van der Waals surface area (Å²) in [4.78, 5) is 31.4. The van der Waals surface area contributed by atoms with Gasteiger partial charge in [-0.3, -0.25) is 14.6 Å². The highest BCUT2D eigenvalue weighted by atomic mass is 32.2. The highest BCUT2D eigenvalue weighted by Gasteiger charge is 2.47. The second-order valence-electron chi connectivity index (χ2n) is 10.00. The van der Waals surface area contributed by atoms with Crippen LogP contribution in [0.1, 0.15) is 51.0 Å². The van der Waals surface area contributed by atoms with E-state index in [4.69, 9.17) is 4.99 Å². The fourth-order valence-corrected chi connectivity index (χ4v) is 6.34. The molecule has 9 heteroatoms. The predicted molar refractivity (Wildman–Crippen MR) is 141 cm³/mol. The van der Waals surface area contributed by atoms with Crippen LogP contribution in [0.15, 0.2) is 41.4 Å². The van der Waals surface area contributed by atoms with E-state index in [1.54, 1.807) is 26.2 Å². The Morgan fingerprint density at radius 1 is 1.08 bits per heavy atom. The third-order valence-corrected chi connectivity index (χ3v) is 9.28. The normalized spacial score (nSPS) is 17.7. The molecule has 0 aromatic heterocycles. The molecule has 36 heavy (non-hydrogen) atoms. The maximum atomic E-state index is 13.1. The highest BCUT2D eigenvalue weighted by Crippen LogP contribution is 2.33. The van der Waals surface area contributed by atoms with Gasteiger partial charge in [-0.15, -0.1) is 0 Å². The molecule has 1 N–H and O–H groups in total. The van der Waals surface area contributed by atoms with Crippen LogP contribution in [0.3, 0.4) is 0 Å². The molecule has 0 unspecified atom stereocenters. The Hall–Kier alpha value is -3.04. The zero-order valence-electron chi connectivity index (χ0n) is 21.6. The van der Waals surface area contributed by atoms with Crippen molar-refractivity contribution in [3.05, 3.63) is 69.8 Å². The minimum atomic E-state index is -3.50. The van der Waals surface area contributed by atoms with Gasteiger partial charge in [0.15, 0.2) is 0 Å². The molecule has 2 aromatic rings. The summed E-state index contributed by atoms with van der Waals surface area (Å²) >= 11 is 0. The fraction of sp³-hybridized carbons (Fsp3) is 0.444. The number of aryl methyl sites for hydroxylation is 3. The lowest BCUT2D eigenvalue weighted by Gasteiger charge is -2.34. The summed E-state index contributed by atoms with van der Waals surface area (Å²) in [5.41, 5.74) is 4.57. The van der Waals surface area contributed by atoms with Crippen LogP contribution < -0.4 is 5.32 Å². The molecule has 2 amide bonds. The largest absolute Gasteiger partial charge is 0.345 e. The van der Waals surface area contributed by atoms with E-state index in [2.05, 4.69) is 5.32 Å². The van der Waals surface area contributed by atoms with Gasteiger partial charge in [-0.1, -0.05) is 24.3 Å². The summed E-state index contributed by atoms with van der Waals surface area (Å²) in [6.07, 6.45) is 1.07. The number of benzene rings is 2. The number of carbonyl (C=O) groups is 2. The Bertz CT molecular complexity index is 1340. The van der Waals surface area contributed by atoms with Crippen molar-refractivity contribution in [2.75, 3.05) is 32.9 Å². The lowest BCUT2D eigenvalue weighted by Crippen LogP contribution is -2.50. The van der Waals surface area contributed by atoms with Crippen molar-refractivity contribution >= 4 is 27.7 Å². The van der Waals surface area contributed by atoms with Gasteiger partial charge >= 0.3 is 0 Å². The molecule has 8 nitrogen and oxygen atoms in total. The third-order valence-electron chi connectivity index (χ3n) is 7.41. The number of piperidine rings is 1. The van der Waals surface area contributed by atoms with E-state index in [0.29, 0.717) is 30.7 Å². The minimum absolute atomic E-state index is 0.0228. The Kier molecular flexibility index (Phi) is 7.07. The first-order chi connectivity index (χ1) is 16.9. The molecule has 4 rings (SSSR count). The third kappa shape index (κ3) is 4.95. The smallest absolute Gasteiger partial charge is 0.253 e. The number of amidine groups is 1. The number of carbonyl (C=O) groups excluding carboxylic acids is 2. The number of nitrogens with one attached hydrogen (secondary N) is 1. The SMILES string of the molecule is Cc1cc(C(=O)N(C)C)ccc1CCS(=O)(=O)N1CCC2(CC1)N=C(c1cccc(C)c1C)NC2=O. The lowest BCUT2D eigenvalue weighted by molar-refractivity contribution is -0.124. The van der Waals surface area contributed by atoms with Gasteiger partial charge in [0.2, 0.25) is 10.0 Å². The topological polar surface area (TPSA) is 99.2 Å². The van der Waals surface area contributed by atoms with Crippen LogP contribution in [0.2, 0.25) is 0 Å². The van der Waals surface area contributed by atoms with E-state index in [1.807, 2.05) is 45.0 Å². The van der Waals surface area contributed by atoms with Crippen LogP contribution in [0.25, 0.3) is 0 Å². The van der Waals surface area contributed by atoms with Gasteiger partial charge in [0.25, 0.3) is 11.8 Å². The summed E-state index contributed by atoms with van der Waals surface area (Å²) in [5.74, 6) is 0.312. The summed E-state index contributed by atoms with van der Waals surface area (Å²) in [6, 6.07) is 11.3. The molecule has 192 valence electrons. The van der Waals surface area contributed by atoms with Crippen molar-refractivity contribution in [2.24, 2.45) is 4.99 Å². The second-order valence-corrected chi connectivity index (χ2v) is 12.1. The van der Waals surface area contributed by atoms with Crippen molar-refractivity contribution in [1.29, 1.82) is 0 Å². The van der Waals surface area contributed by atoms with E-state index >= 15 is 0 Å². The van der Waals surface area contributed by atoms with E-state index in [-0.39, 0.29) is 30.7 Å². The molecule has 0 radical (unpaired) electrons. The quantitative estimate of drug-likeness (QED) is 0.646. The van der Waals surface area contributed by atoms with Crippen molar-refractivity contribution in [2.45, 2.75) is 45.6 Å². The molecule has 1 spiro atoms. The number of hydrogen-bond donors (Lipinski definition) is 1. The van der Waals surface area contributed by atoms with E-state index in [0.717, 1.165) is 27.8 Å². The number of amides is 2. The average molecular weight is 511 g/mol. The summed E-state index contributed by atoms with van der Waals surface area (Å²) in [6.45, 7) is 6.44. The zero-order chi connectivity index (χ0) is 26.3. The standard InChI is InChI=1S/C27H34N4O4S/c1-18-7-6-8-23(20(18)3)24-28-26(33)27(29-24)12-14-31(15-13-27)36(34,35)16-11-21-9-10-22(17-19(21)2)25(32)30(4)5/h6-10,17H,11-16H2,1-5H3,(H,28,29,33). The van der Waals surface area contributed by atoms with Crippen LogP contribution in [-0.4, -0.2) is 73.7 Å². The van der Waals surface area contributed by atoms with Gasteiger partial charge < -0.3 is 10.2 Å². The Labute approximate surface area is 213 Å². The van der Waals surface area contributed by atoms with Crippen LogP contribution in [-0.2, 0) is 21.2 Å². The van der Waals surface area contributed by atoms with Crippen molar-refractivity contribution in [3.8, 4) is 0 Å². The number of hydrogen-bond acceptors (Lipinski definition) is 5. The second kappa shape index (κ2) is 9.78. The molecule has 1 fully saturated rings. The van der Waals surface area contributed by atoms with E-state index in [1.165, 1.54) is 9.21 Å². The van der Waals surface area contributed by atoms with Crippen LogP contribution in [0.5, 0.6) is 0 Å². The van der Waals surface area contributed by atoms with Gasteiger partial charge in [0.1, 0.15) is 11.4 Å². The first-order valence-corrected chi connectivity index (χ1v) is 13.8. The molecule has 0 aliphatic carbocycles. The van der Waals surface area contributed by atoms with Gasteiger partial charge in [0.05, 0.1) is 5.75 Å². The van der Waals surface area contributed by atoms with Gasteiger partial charge in [-0.2, -0.15) is 0 Å². The molecular weight excluding hydrogens is 476 g/mol. The molecule has 2 aromatic carbocycles. The molecule has 0 bridgehead atoms. The lowest BCUT2D eigenvalue weighted by atomic mass is 9.89. The summed E-state index contributed by atoms with van der Waals surface area (Å²) in [5, 5.41) is 2.94. The predicted octanol–water partition coefficient (Wildman–Crippen LogP) is 2.60. The van der Waals surface area contributed by atoms with Crippen molar-refractivity contribution < 1.29 is 18.0 Å². The molecule has 2 heterocycles. The monoisotopic (exact) mass is 510 g/mol. The van der Waals surface area contributed by atoms with Gasteiger partial charge in [-0.05, 0) is 74.4 Å². The van der Waals surface area contributed by atoms with Crippen molar-refractivity contribution in [3.63, 3.8) is 0 Å². The first kappa shape index (κ1) is 26.0. The summed E-state index contributed by atoms with van der Waals surface area (Å²) < 4.78 is 27.7. The number of sulfonamides is 1. The Balaban J connectivity index is 1.42. The molecule has 0 saturated carbocycles. The van der Waals surface area contributed by atoms with E-state index in [9.17, 15) is 18.0 Å². The van der Waals surface area contributed by atoms with Crippen LogP contribution in [0, 0.1) is 20.8 Å². The first-order valence-electron chi connectivity index (χ1n) is 12.2. The van der Waals surface area contributed by atoms with Crippen LogP contribution >= 0.6 is 0 Å². The maximum absolute atomic E-state index is 13.1. The number of nitrogens with zero attached hydrogens (tertiary/aromatic N) is 3. The molecule has 1 saturated heterocycles. The molecule has 2 aliphatic rings. The zero-order valence-corrected chi connectivity index (χ0v) is 22.4. The van der Waals surface area contributed by atoms with Gasteiger partial charge in [0, 0.05) is 38.3 Å². The van der Waals surface area contributed by atoms with Gasteiger partial charge in [-0.25, -0.2) is 12.7 Å². The van der Waals surface area contributed by atoms with Crippen LogP contribution in [0.4, 0.5) is 0 Å². The number of rotatable bonds is 6. The maximum Gasteiger partial charge on any atom is 0.253 e. The van der Waals surface area contributed by atoms with Crippen molar-refractivity contribution in [1.82, 2.24) is 14.5 Å². The molecular formula is C27H34N4O4S. The highest BCUT2D eigenvalue weighted by molar-refractivity contribution is 7.89. The Morgan fingerprint density at radius 2 is 1.78 bits per heavy atom.